The van der Waals surface area contributed by atoms with Crippen molar-refractivity contribution < 1.29 is 14.3 Å². The molecule has 2 N–H and O–H groups in total. The summed E-state index contributed by atoms with van der Waals surface area (Å²) in [5.74, 6) is 0.359. The van der Waals surface area contributed by atoms with Crippen molar-refractivity contribution in [1.82, 2.24) is 4.90 Å². The van der Waals surface area contributed by atoms with E-state index in [1.165, 1.54) is 6.42 Å². The van der Waals surface area contributed by atoms with Crippen LogP contribution in [0.2, 0.25) is 0 Å². The molecule has 1 heterocycles. The quantitative estimate of drug-likeness (QED) is 0.859. The molecule has 1 aliphatic heterocycles. The molecule has 1 aromatic rings. The Hall–Kier alpha value is -1.43. The third kappa shape index (κ3) is 3.33. The number of nitrogens with zero attached hydrogens (tertiary/aromatic N) is 1. The van der Waals surface area contributed by atoms with Gasteiger partial charge in [0.05, 0.1) is 24.9 Å². The van der Waals surface area contributed by atoms with Gasteiger partial charge < -0.3 is 15.2 Å². The third-order valence-electron chi connectivity index (χ3n) is 6.22. The van der Waals surface area contributed by atoms with Crippen LogP contribution in [0.5, 0.6) is 0 Å². The summed E-state index contributed by atoms with van der Waals surface area (Å²) in [5.41, 5.74) is 6.74. The molecule has 138 valence electrons. The summed E-state index contributed by atoms with van der Waals surface area (Å²) in [5, 5.41) is 0. The number of amides is 1. The number of carbonyl (C=O) groups is 1. The number of hydrogen-bond donors (Lipinski definition) is 1. The number of nitrogens with two attached hydrogens (primary N) is 1. The molecular formula is C20H30N2O3. The second-order valence-electron chi connectivity index (χ2n) is 7.60. The Balaban J connectivity index is 1.94. The molecule has 0 bridgehead atoms. The monoisotopic (exact) mass is 346 g/mol. The van der Waals surface area contributed by atoms with Crippen LogP contribution in [-0.4, -0.2) is 50.8 Å². The number of likely N-dealkylation sites (N-methyl/N-ethyl adjacent to an activating group) is 1. The lowest BCUT2D eigenvalue weighted by atomic mass is 9.65. The van der Waals surface area contributed by atoms with Gasteiger partial charge in [-0.3, -0.25) is 9.69 Å². The van der Waals surface area contributed by atoms with Gasteiger partial charge in [-0.05, 0) is 43.5 Å². The Bertz CT molecular complexity index is 617. The molecule has 0 radical (unpaired) electrons. The maximum absolute atomic E-state index is 11.7. The molecule has 3 rings (SSSR count). The van der Waals surface area contributed by atoms with Gasteiger partial charge in [-0.15, -0.1) is 0 Å². The van der Waals surface area contributed by atoms with E-state index in [0.717, 1.165) is 38.2 Å². The highest BCUT2D eigenvalue weighted by Crippen LogP contribution is 2.48. The molecule has 25 heavy (non-hydrogen) atoms. The van der Waals surface area contributed by atoms with Crippen molar-refractivity contribution in [2.45, 2.75) is 37.8 Å². The van der Waals surface area contributed by atoms with Crippen molar-refractivity contribution >= 4 is 5.91 Å². The molecule has 5 nitrogen and oxygen atoms in total. The summed E-state index contributed by atoms with van der Waals surface area (Å²) in [6.45, 7) is 4.86. The SMILES string of the molecule is COC1(c2cccc(C(N)=O)c2)C(C)CCCC1CN(C)C1COC1. The molecule has 0 spiro atoms. The van der Waals surface area contributed by atoms with Gasteiger partial charge in [0, 0.05) is 25.1 Å². The third-order valence-corrected chi connectivity index (χ3v) is 6.22. The normalized spacial score (nSPS) is 30.2. The van der Waals surface area contributed by atoms with Crippen LogP contribution in [-0.2, 0) is 15.1 Å². The minimum Gasteiger partial charge on any atom is -0.378 e. The number of methoxy groups -OCH3 is 1. The second-order valence-corrected chi connectivity index (χ2v) is 7.60. The fourth-order valence-corrected chi connectivity index (χ4v) is 4.62. The van der Waals surface area contributed by atoms with Crippen LogP contribution < -0.4 is 5.73 Å². The first kappa shape index (κ1) is 18.4. The van der Waals surface area contributed by atoms with Crippen molar-refractivity contribution in [2.75, 3.05) is 33.9 Å². The summed E-state index contributed by atoms with van der Waals surface area (Å²) in [7, 11) is 3.98. The fraction of sp³-hybridized carbons (Fsp3) is 0.650. The van der Waals surface area contributed by atoms with Crippen molar-refractivity contribution in [3.63, 3.8) is 0 Å². The van der Waals surface area contributed by atoms with E-state index in [9.17, 15) is 4.79 Å². The predicted octanol–water partition coefficient (Wildman–Crippen LogP) is 2.39. The Morgan fingerprint density at radius 2 is 2.16 bits per heavy atom. The minimum atomic E-state index is -0.392. The zero-order valence-electron chi connectivity index (χ0n) is 15.5. The summed E-state index contributed by atoms with van der Waals surface area (Å²) in [4.78, 5) is 14.1. The molecular weight excluding hydrogens is 316 g/mol. The van der Waals surface area contributed by atoms with E-state index in [0.29, 0.717) is 23.4 Å². The number of hydrogen-bond acceptors (Lipinski definition) is 4. The van der Waals surface area contributed by atoms with E-state index in [2.05, 4.69) is 24.9 Å². The second kappa shape index (κ2) is 7.44. The summed E-state index contributed by atoms with van der Waals surface area (Å²) in [6.07, 6.45) is 3.46. The lowest BCUT2D eigenvalue weighted by Crippen LogP contribution is -2.54. The maximum Gasteiger partial charge on any atom is 0.248 e. The maximum atomic E-state index is 11.7. The van der Waals surface area contributed by atoms with E-state index in [4.69, 9.17) is 15.2 Å². The smallest absolute Gasteiger partial charge is 0.248 e. The molecule has 0 aromatic heterocycles. The molecule has 2 fully saturated rings. The first-order valence-corrected chi connectivity index (χ1v) is 9.22. The molecule has 1 aromatic carbocycles. The van der Waals surface area contributed by atoms with Gasteiger partial charge in [-0.2, -0.15) is 0 Å². The molecule has 1 amide bonds. The molecule has 2 aliphatic rings. The van der Waals surface area contributed by atoms with Crippen molar-refractivity contribution in [3.05, 3.63) is 35.4 Å². The van der Waals surface area contributed by atoms with Gasteiger partial charge in [0.2, 0.25) is 5.91 Å². The average molecular weight is 346 g/mol. The van der Waals surface area contributed by atoms with Crippen LogP contribution in [0.4, 0.5) is 0 Å². The minimum absolute atomic E-state index is 0.370. The van der Waals surface area contributed by atoms with Gasteiger partial charge in [-0.1, -0.05) is 25.5 Å². The topological polar surface area (TPSA) is 64.8 Å². The van der Waals surface area contributed by atoms with Crippen LogP contribution in [0.15, 0.2) is 24.3 Å². The Morgan fingerprint density at radius 1 is 1.40 bits per heavy atom. The first-order valence-electron chi connectivity index (χ1n) is 9.22. The van der Waals surface area contributed by atoms with Gasteiger partial charge >= 0.3 is 0 Å². The van der Waals surface area contributed by atoms with Crippen LogP contribution >= 0.6 is 0 Å². The van der Waals surface area contributed by atoms with Crippen molar-refractivity contribution in [1.29, 1.82) is 0 Å². The Labute approximate surface area is 150 Å². The molecule has 3 atom stereocenters. The highest BCUT2D eigenvalue weighted by molar-refractivity contribution is 5.92. The van der Waals surface area contributed by atoms with Crippen molar-refractivity contribution in [2.24, 2.45) is 17.6 Å². The molecule has 5 heteroatoms. The largest absolute Gasteiger partial charge is 0.378 e. The van der Waals surface area contributed by atoms with E-state index in [1.807, 2.05) is 12.1 Å². The van der Waals surface area contributed by atoms with Crippen LogP contribution in [0.3, 0.4) is 0 Å². The zero-order chi connectivity index (χ0) is 18.0. The van der Waals surface area contributed by atoms with E-state index < -0.39 is 5.91 Å². The number of carbonyl (C=O) groups excluding carboxylic acids is 1. The summed E-state index contributed by atoms with van der Waals surface area (Å²) >= 11 is 0. The number of primary amides is 1. The van der Waals surface area contributed by atoms with E-state index in [-0.39, 0.29) is 5.60 Å². The average Bonchev–Trinajstić information content (AvgIpc) is 2.54. The summed E-state index contributed by atoms with van der Waals surface area (Å²) in [6, 6.07) is 8.20. The fourth-order valence-electron chi connectivity index (χ4n) is 4.62. The number of rotatable bonds is 6. The summed E-state index contributed by atoms with van der Waals surface area (Å²) < 4.78 is 11.6. The lowest BCUT2D eigenvalue weighted by molar-refractivity contribution is -0.142. The molecule has 1 aliphatic carbocycles. The van der Waals surface area contributed by atoms with Crippen LogP contribution in [0.25, 0.3) is 0 Å². The van der Waals surface area contributed by atoms with Gasteiger partial charge in [0.25, 0.3) is 0 Å². The zero-order valence-corrected chi connectivity index (χ0v) is 15.5. The van der Waals surface area contributed by atoms with E-state index in [1.54, 1.807) is 13.2 Å². The van der Waals surface area contributed by atoms with Gasteiger partial charge in [0.15, 0.2) is 0 Å². The number of benzene rings is 1. The highest BCUT2D eigenvalue weighted by Gasteiger charge is 2.48. The number of ether oxygens (including phenoxy) is 2. The van der Waals surface area contributed by atoms with Crippen molar-refractivity contribution in [3.8, 4) is 0 Å². The van der Waals surface area contributed by atoms with Gasteiger partial charge in [0.1, 0.15) is 0 Å². The van der Waals surface area contributed by atoms with Gasteiger partial charge in [-0.25, -0.2) is 0 Å². The standard InChI is InChI=1S/C20H30N2O3/c1-14-6-4-9-17(11-22(2)18-12-25-13-18)20(14,24-3)16-8-5-7-15(10-16)19(21)23/h5,7-8,10,14,17-18H,4,6,9,11-13H2,1-3H3,(H2,21,23). The van der Waals surface area contributed by atoms with Crippen LogP contribution in [0.1, 0.15) is 42.1 Å². The highest BCUT2D eigenvalue weighted by atomic mass is 16.5. The van der Waals surface area contributed by atoms with E-state index >= 15 is 0 Å². The lowest BCUT2D eigenvalue weighted by Gasteiger charge is -2.50. The predicted molar refractivity (Wildman–Crippen MR) is 97.4 cm³/mol. The first-order chi connectivity index (χ1) is 12.0. The van der Waals surface area contributed by atoms with Crippen LogP contribution in [0, 0.1) is 11.8 Å². The Morgan fingerprint density at radius 3 is 2.76 bits per heavy atom. The molecule has 1 saturated carbocycles. The Kier molecular flexibility index (Phi) is 5.46. The molecule has 1 saturated heterocycles. The molecule has 3 unspecified atom stereocenters.